The van der Waals surface area contributed by atoms with Gasteiger partial charge in [0.2, 0.25) is 0 Å². The van der Waals surface area contributed by atoms with Crippen LogP contribution in [0.3, 0.4) is 0 Å². The first kappa shape index (κ1) is 31.2. The number of hydrogen-bond acceptors (Lipinski definition) is 3. The number of unbranched alkanes of at least 4 members (excludes halogenated alkanes) is 5. The Bertz CT molecular complexity index is 637. The van der Waals surface area contributed by atoms with Crippen molar-refractivity contribution in [2.24, 2.45) is 17.8 Å². The van der Waals surface area contributed by atoms with E-state index in [1.54, 1.807) is 0 Å². The number of carbonyl (C=O) groups excluding carboxylic acids is 1. The van der Waals surface area contributed by atoms with Crippen molar-refractivity contribution < 1.29 is 19.4 Å². The van der Waals surface area contributed by atoms with Crippen LogP contribution in [0, 0.1) is 17.8 Å². The quantitative estimate of drug-likeness (QED) is 0.283. The standard InChI is InChI=1S/C23H34O2.C2H4O2.2C2H6/c1-2-3-4-5-6-7-9-18-12-13-20-17-22-19(16-21(18)20)10-8-11-23(22)25-15-14-24;1-2(3)4;2*1-2/h8,10-11,14,18,20-21H,2-7,9,12-13,15-17H2,1H3;1H3,(H,3,4);2*1-2H3/t18-,20+,21+;;;/m0.../s1. The summed E-state index contributed by atoms with van der Waals surface area (Å²) in [6, 6.07) is 6.40. The second-order valence-electron chi connectivity index (χ2n) is 8.62. The molecular formula is C29H50O4. The molecule has 2 aliphatic rings. The Morgan fingerprint density at radius 3 is 2.30 bits per heavy atom. The second-order valence-corrected chi connectivity index (χ2v) is 8.62. The zero-order chi connectivity index (χ0) is 25.1. The molecule has 4 heteroatoms. The van der Waals surface area contributed by atoms with Gasteiger partial charge >= 0.3 is 0 Å². The Kier molecular flexibility index (Phi) is 18.5. The summed E-state index contributed by atoms with van der Waals surface area (Å²) in [6.07, 6.45) is 15.9. The van der Waals surface area contributed by atoms with E-state index in [-0.39, 0.29) is 6.61 Å². The minimum absolute atomic E-state index is 0.172. The number of aliphatic carboxylic acids is 1. The largest absolute Gasteiger partial charge is 0.486 e. The number of rotatable bonds is 10. The van der Waals surface area contributed by atoms with E-state index in [4.69, 9.17) is 14.6 Å². The molecule has 33 heavy (non-hydrogen) atoms. The monoisotopic (exact) mass is 462 g/mol. The molecule has 4 nitrogen and oxygen atoms in total. The van der Waals surface area contributed by atoms with Crippen molar-refractivity contribution in [3.63, 3.8) is 0 Å². The van der Waals surface area contributed by atoms with Gasteiger partial charge in [0.15, 0.2) is 6.29 Å². The smallest absolute Gasteiger partial charge is 0.300 e. The Hall–Kier alpha value is -1.84. The van der Waals surface area contributed by atoms with E-state index in [9.17, 15) is 4.79 Å². The van der Waals surface area contributed by atoms with Crippen LogP contribution in [-0.2, 0) is 22.4 Å². The summed E-state index contributed by atoms with van der Waals surface area (Å²) in [7, 11) is 0. The number of carbonyl (C=O) groups is 2. The predicted molar refractivity (Wildman–Crippen MR) is 139 cm³/mol. The number of hydrogen-bond donors (Lipinski definition) is 1. The van der Waals surface area contributed by atoms with Gasteiger partial charge in [-0.25, -0.2) is 0 Å². The number of benzene rings is 1. The lowest BCUT2D eigenvalue weighted by Gasteiger charge is -2.32. The van der Waals surface area contributed by atoms with Crippen molar-refractivity contribution in [1.82, 2.24) is 0 Å². The lowest BCUT2D eigenvalue weighted by atomic mass is 9.73. The first-order valence-corrected chi connectivity index (χ1v) is 13.4. The van der Waals surface area contributed by atoms with Crippen LogP contribution in [0.2, 0.25) is 0 Å². The van der Waals surface area contributed by atoms with Gasteiger partial charge in [-0.3, -0.25) is 9.59 Å². The SMILES string of the molecule is CC.CC.CC(=O)O.CCCCCCCC[C@H]1CC[C@@H]2Cc3c(cccc3OCC=O)C[C@H]12. The number of ether oxygens (including phenoxy) is 1. The zero-order valence-corrected chi connectivity index (χ0v) is 22.2. The summed E-state index contributed by atoms with van der Waals surface area (Å²) in [5, 5.41) is 7.42. The van der Waals surface area contributed by atoms with Crippen LogP contribution >= 0.6 is 0 Å². The zero-order valence-electron chi connectivity index (χ0n) is 22.2. The third-order valence-corrected chi connectivity index (χ3v) is 6.51. The fourth-order valence-electron chi connectivity index (χ4n) is 5.18. The summed E-state index contributed by atoms with van der Waals surface area (Å²) in [6.45, 7) is 11.5. The van der Waals surface area contributed by atoms with Crippen LogP contribution in [0.15, 0.2) is 18.2 Å². The molecule has 0 spiro atoms. The molecule has 0 bridgehead atoms. The molecule has 0 unspecified atom stereocenters. The van der Waals surface area contributed by atoms with Crippen LogP contribution < -0.4 is 4.74 Å². The molecule has 2 aliphatic carbocycles. The molecule has 0 heterocycles. The highest BCUT2D eigenvalue weighted by atomic mass is 16.5. The number of fused-ring (bicyclic) bond motifs is 2. The molecule has 0 aromatic heterocycles. The fraction of sp³-hybridized carbons (Fsp3) is 0.724. The van der Waals surface area contributed by atoms with Crippen molar-refractivity contribution in [2.75, 3.05) is 6.61 Å². The van der Waals surface area contributed by atoms with Crippen LogP contribution in [0.1, 0.15) is 110 Å². The van der Waals surface area contributed by atoms with Gasteiger partial charge in [-0.15, -0.1) is 0 Å². The molecule has 0 radical (unpaired) electrons. The average Bonchev–Trinajstić information content (AvgIpc) is 3.22. The van der Waals surface area contributed by atoms with Crippen molar-refractivity contribution in [2.45, 2.75) is 112 Å². The molecule has 1 aromatic rings. The van der Waals surface area contributed by atoms with Gasteiger partial charge in [-0.05, 0) is 60.6 Å². The van der Waals surface area contributed by atoms with E-state index in [1.165, 1.54) is 75.3 Å². The van der Waals surface area contributed by atoms with E-state index in [0.29, 0.717) is 0 Å². The Morgan fingerprint density at radius 2 is 1.67 bits per heavy atom. The Labute approximate surface area is 203 Å². The number of carboxylic acids is 1. The second kappa shape index (κ2) is 19.6. The average molecular weight is 463 g/mol. The van der Waals surface area contributed by atoms with Crippen LogP contribution in [0.5, 0.6) is 5.75 Å². The highest BCUT2D eigenvalue weighted by Gasteiger charge is 2.39. The van der Waals surface area contributed by atoms with Gasteiger partial charge < -0.3 is 9.84 Å². The van der Waals surface area contributed by atoms with E-state index >= 15 is 0 Å². The molecule has 0 amide bonds. The van der Waals surface area contributed by atoms with Crippen LogP contribution in [-0.4, -0.2) is 24.0 Å². The van der Waals surface area contributed by atoms with Gasteiger partial charge in [0.05, 0.1) is 0 Å². The third kappa shape index (κ3) is 11.7. The summed E-state index contributed by atoms with van der Waals surface area (Å²) in [5.41, 5.74) is 2.85. The van der Waals surface area contributed by atoms with E-state index in [0.717, 1.165) is 43.1 Å². The highest BCUT2D eigenvalue weighted by Crippen LogP contribution is 2.48. The molecule has 1 fully saturated rings. The number of aldehydes is 1. The first-order chi connectivity index (χ1) is 16.1. The summed E-state index contributed by atoms with van der Waals surface area (Å²) in [5.74, 6) is 2.76. The maximum Gasteiger partial charge on any atom is 0.300 e. The van der Waals surface area contributed by atoms with E-state index in [2.05, 4.69) is 19.1 Å². The van der Waals surface area contributed by atoms with Gasteiger partial charge in [-0.1, -0.05) is 91.7 Å². The van der Waals surface area contributed by atoms with Gasteiger partial charge in [0, 0.05) is 6.92 Å². The van der Waals surface area contributed by atoms with Crippen molar-refractivity contribution in [1.29, 1.82) is 0 Å². The topological polar surface area (TPSA) is 63.6 Å². The van der Waals surface area contributed by atoms with Gasteiger partial charge in [-0.2, -0.15) is 0 Å². The Morgan fingerprint density at radius 1 is 1.03 bits per heavy atom. The summed E-state index contributed by atoms with van der Waals surface area (Å²) in [4.78, 5) is 19.6. The Balaban J connectivity index is 0.00000113. The van der Waals surface area contributed by atoms with E-state index in [1.807, 2.05) is 33.8 Å². The van der Waals surface area contributed by atoms with Crippen LogP contribution in [0.25, 0.3) is 0 Å². The van der Waals surface area contributed by atoms with Gasteiger partial charge in [0.1, 0.15) is 12.4 Å². The molecule has 1 aromatic carbocycles. The molecule has 190 valence electrons. The van der Waals surface area contributed by atoms with Crippen molar-refractivity contribution >= 4 is 12.3 Å². The number of carboxylic acid groups (broad SMARTS) is 1. The molecular weight excluding hydrogens is 412 g/mol. The molecule has 1 saturated carbocycles. The normalized spacial score (nSPS) is 19.8. The lowest BCUT2D eigenvalue weighted by molar-refractivity contribution is -0.134. The molecule has 3 rings (SSSR count). The maximum absolute atomic E-state index is 10.6. The molecule has 3 atom stereocenters. The molecule has 0 saturated heterocycles. The lowest BCUT2D eigenvalue weighted by Crippen LogP contribution is -2.25. The fourth-order valence-corrected chi connectivity index (χ4v) is 5.18. The minimum atomic E-state index is -0.833. The van der Waals surface area contributed by atoms with Crippen LogP contribution in [0.4, 0.5) is 0 Å². The molecule has 1 N–H and O–H groups in total. The van der Waals surface area contributed by atoms with Gasteiger partial charge in [0.25, 0.3) is 5.97 Å². The first-order valence-electron chi connectivity index (χ1n) is 13.4. The summed E-state index contributed by atoms with van der Waals surface area (Å²) >= 11 is 0. The van der Waals surface area contributed by atoms with Crippen molar-refractivity contribution in [3.8, 4) is 5.75 Å². The third-order valence-electron chi connectivity index (χ3n) is 6.51. The van der Waals surface area contributed by atoms with E-state index < -0.39 is 5.97 Å². The van der Waals surface area contributed by atoms with Crippen molar-refractivity contribution in [3.05, 3.63) is 29.3 Å². The maximum atomic E-state index is 10.6. The summed E-state index contributed by atoms with van der Waals surface area (Å²) < 4.78 is 5.67. The predicted octanol–water partition coefficient (Wildman–Crippen LogP) is 7.90. The molecule has 0 aliphatic heterocycles. The highest BCUT2D eigenvalue weighted by molar-refractivity contribution is 5.63. The minimum Gasteiger partial charge on any atom is -0.486 e.